The van der Waals surface area contributed by atoms with Crippen molar-refractivity contribution in [1.29, 1.82) is 0 Å². The van der Waals surface area contributed by atoms with Crippen LogP contribution in [0.1, 0.15) is 63.1 Å². The zero-order valence-corrected chi connectivity index (χ0v) is 22.3. The van der Waals surface area contributed by atoms with Crippen molar-refractivity contribution in [2.75, 3.05) is 17.2 Å². The van der Waals surface area contributed by atoms with E-state index in [0.29, 0.717) is 16.9 Å². The molecule has 204 valence electrons. The highest BCUT2D eigenvalue weighted by molar-refractivity contribution is 5.98. The number of aryl methyl sites for hydroxylation is 1. The molecule has 0 aliphatic carbocycles. The maximum atomic E-state index is 13.2. The summed E-state index contributed by atoms with van der Waals surface area (Å²) < 4.78 is 5.46. The second-order valence-electron chi connectivity index (χ2n) is 9.86. The summed E-state index contributed by atoms with van der Waals surface area (Å²) in [6.45, 7) is 5.42. The third-order valence-corrected chi connectivity index (χ3v) is 6.49. The fourth-order valence-corrected chi connectivity index (χ4v) is 4.35. The number of aliphatic hydroxyl groups excluding tert-OH is 1. The van der Waals surface area contributed by atoms with E-state index >= 15 is 0 Å². The van der Waals surface area contributed by atoms with Crippen LogP contribution in [0.3, 0.4) is 0 Å². The van der Waals surface area contributed by atoms with Crippen LogP contribution in [0, 0.1) is 6.92 Å². The Morgan fingerprint density at radius 2 is 1.85 bits per heavy atom. The zero-order valence-electron chi connectivity index (χ0n) is 22.3. The quantitative estimate of drug-likeness (QED) is 0.231. The van der Waals surface area contributed by atoms with Crippen LogP contribution in [0.15, 0.2) is 67.1 Å². The summed E-state index contributed by atoms with van der Waals surface area (Å²) in [5.74, 6) is -0.336. The Kier molecular flexibility index (Phi) is 7.39. The Balaban J connectivity index is 1.43. The van der Waals surface area contributed by atoms with Crippen LogP contribution in [0.25, 0.3) is 0 Å². The summed E-state index contributed by atoms with van der Waals surface area (Å²) >= 11 is 0. The largest absolute Gasteiger partial charge is 0.451 e. The molecule has 0 bridgehead atoms. The maximum absolute atomic E-state index is 13.2. The fraction of sp³-hybridized carbons (Fsp3) is 0.241. The van der Waals surface area contributed by atoms with Gasteiger partial charge in [0.25, 0.3) is 5.91 Å². The van der Waals surface area contributed by atoms with Gasteiger partial charge in [-0.1, -0.05) is 30.3 Å². The number of hydrogen-bond acceptors (Lipinski definition) is 10. The molecule has 1 aliphatic heterocycles. The molecule has 0 radical (unpaired) electrons. The van der Waals surface area contributed by atoms with Gasteiger partial charge in [0, 0.05) is 23.6 Å². The second-order valence-corrected chi connectivity index (χ2v) is 9.86. The number of aliphatic hydroxyl groups is 1. The molecule has 0 unspecified atom stereocenters. The monoisotopic (exact) mass is 539 g/mol. The summed E-state index contributed by atoms with van der Waals surface area (Å²) in [6, 6.07) is 14.1. The first kappa shape index (κ1) is 26.7. The normalized spacial score (nSPS) is 14.2. The molecule has 11 nitrogen and oxygen atoms in total. The van der Waals surface area contributed by atoms with Gasteiger partial charge in [0.15, 0.2) is 0 Å². The number of fused-ring (bicyclic) bond motifs is 1. The second kappa shape index (κ2) is 11.1. The van der Waals surface area contributed by atoms with Crippen molar-refractivity contribution in [2.45, 2.75) is 39.0 Å². The van der Waals surface area contributed by atoms with Crippen LogP contribution in [0.2, 0.25) is 0 Å². The van der Waals surface area contributed by atoms with Gasteiger partial charge < -0.3 is 25.8 Å². The summed E-state index contributed by atoms with van der Waals surface area (Å²) in [7, 11) is 0. The number of hydrogen-bond donors (Lipinski definition) is 4. The highest BCUT2D eigenvalue weighted by Gasteiger charge is 2.37. The van der Waals surface area contributed by atoms with Crippen molar-refractivity contribution < 1.29 is 19.4 Å². The van der Waals surface area contributed by atoms with E-state index < -0.39 is 17.6 Å². The fourth-order valence-electron chi connectivity index (χ4n) is 4.35. The minimum absolute atomic E-state index is 0.166. The molecule has 0 saturated heterocycles. The number of nitrogens with zero attached hydrogens (tertiary/aromatic N) is 4. The summed E-state index contributed by atoms with van der Waals surface area (Å²) in [5, 5.41) is 19.3. The molecule has 11 heteroatoms. The van der Waals surface area contributed by atoms with E-state index in [2.05, 4.69) is 35.9 Å². The molecule has 1 amide bonds. The molecule has 0 fully saturated rings. The first-order chi connectivity index (χ1) is 19.2. The number of aromatic nitrogens is 4. The average Bonchev–Trinajstić information content (AvgIpc) is 3.18. The molecule has 2 aromatic heterocycles. The van der Waals surface area contributed by atoms with E-state index in [9.17, 15) is 14.7 Å². The first-order valence-electron chi connectivity index (χ1n) is 12.7. The standard InChI is InChI=1S/C29H29N7O4/c1-17-12-31-20(13-30-17)14-32-26(38)22-15-33-28(36-25(22)35-24(16-37)18-7-5-4-6-8-18)34-19-9-10-21-23(11-19)29(2,3)40-27(21)39/h4-13,15,24,37H,14,16H2,1-3H3,(H,32,38)(H2,33,34,35,36)/t24-/m1/s1. The molecule has 0 spiro atoms. The van der Waals surface area contributed by atoms with Gasteiger partial charge in [-0.2, -0.15) is 4.98 Å². The number of rotatable bonds is 9. The van der Waals surface area contributed by atoms with Crippen LogP contribution in [-0.4, -0.2) is 43.5 Å². The van der Waals surface area contributed by atoms with Gasteiger partial charge >= 0.3 is 5.97 Å². The number of esters is 1. The van der Waals surface area contributed by atoms with Crippen LogP contribution in [0.5, 0.6) is 0 Å². The Labute approximate surface area is 231 Å². The predicted molar refractivity (Wildman–Crippen MR) is 148 cm³/mol. The summed E-state index contributed by atoms with van der Waals surface area (Å²) in [5.41, 5.74) is 3.54. The number of benzene rings is 2. The molecule has 4 N–H and O–H groups in total. The van der Waals surface area contributed by atoms with Gasteiger partial charge in [0.1, 0.15) is 17.0 Å². The maximum Gasteiger partial charge on any atom is 0.339 e. The van der Waals surface area contributed by atoms with Crippen molar-refractivity contribution in [2.24, 2.45) is 0 Å². The highest BCUT2D eigenvalue weighted by Crippen LogP contribution is 2.37. The van der Waals surface area contributed by atoms with Crippen LogP contribution < -0.4 is 16.0 Å². The van der Waals surface area contributed by atoms with Gasteiger partial charge in [-0.3, -0.25) is 14.8 Å². The van der Waals surface area contributed by atoms with E-state index in [-0.39, 0.29) is 36.5 Å². The summed E-state index contributed by atoms with van der Waals surface area (Å²) in [6.07, 6.45) is 4.65. The number of anilines is 3. The number of amides is 1. The van der Waals surface area contributed by atoms with E-state index in [1.54, 1.807) is 24.5 Å². The smallest absolute Gasteiger partial charge is 0.339 e. The number of carbonyl (C=O) groups excluding carboxylic acids is 2. The van der Waals surface area contributed by atoms with Gasteiger partial charge in [-0.05, 0) is 44.5 Å². The van der Waals surface area contributed by atoms with Crippen LogP contribution >= 0.6 is 0 Å². The van der Waals surface area contributed by atoms with E-state index in [0.717, 1.165) is 16.8 Å². The first-order valence-corrected chi connectivity index (χ1v) is 12.7. The minimum atomic E-state index is -0.758. The van der Waals surface area contributed by atoms with Gasteiger partial charge in [0.05, 0.1) is 42.3 Å². The molecule has 2 aromatic carbocycles. The van der Waals surface area contributed by atoms with Crippen molar-refractivity contribution >= 4 is 29.3 Å². The van der Waals surface area contributed by atoms with E-state index in [1.807, 2.05) is 57.2 Å². The third-order valence-electron chi connectivity index (χ3n) is 6.49. The predicted octanol–water partition coefficient (Wildman–Crippen LogP) is 3.80. The van der Waals surface area contributed by atoms with Gasteiger partial charge in [-0.15, -0.1) is 0 Å². The van der Waals surface area contributed by atoms with Crippen molar-refractivity contribution in [1.82, 2.24) is 25.3 Å². The lowest BCUT2D eigenvalue weighted by molar-refractivity contribution is 0.00953. The van der Waals surface area contributed by atoms with Crippen molar-refractivity contribution in [3.8, 4) is 0 Å². The van der Waals surface area contributed by atoms with Gasteiger partial charge in [-0.25, -0.2) is 9.78 Å². The Hall–Kier alpha value is -4.90. The van der Waals surface area contributed by atoms with Crippen LogP contribution in [0.4, 0.5) is 17.5 Å². The Morgan fingerprint density at radius 3 is 2.58 bits per heavy atom. The molecular weight excluding hydrogens is 510 g/mol. The molecule has 1 aliphatic rings. The molecule has 0 saturated carbocycles. The zero-order chi connectivity index (χ0) is 28.3. The minimum Gasteiger partial charge on any atom is -0.451 e. The number of nitrogens with one attached hydrogen (secondary N) is 3. The van der Waals surface area contributed by atoms with Gasteiger partial charge in [0.2, 0.25) is 5.95 Å². The number of carbonyl (C=O) groups is 2. The lowest BCUT2D eigenvalue weighted by Crippen LogP contribution is -2.26. The molecule has 3 heterocycles. The highest BCUT2D eigenvalue weighted by atomic mass is 16.6. The molecule has 1 atom stereocenters. The molecule has 4 aromatic rings. The molecular formula is C29H29N7O4. The number of cyclic esters (lactones) is 1. The average molecular weight is 540 g/mol. The Morgan fingerprint density at radius 1 is 1.05 bits per heavy atom. The lowest BCUT2D eigenvalue weighted by Gasteiger charge is -2.20. The van der Waals surface area contributed by atoms with Crippen molar-refractivity contribution in [3.63, 3.8) is 0 Å². The van der Waals surface area contributed by atoms with E-state index in [1.165, 1.54) is 6.20 Å². The third kappa shape index (κ3) is 5.74. The topological polar surface area (TPSA) is 151 Å². The Bertz CT molecular complexity index is 1540. The molecule has 5 rings (SSSR count). The summed E-state index contributed by atoms with van der Waals surface area (Å²) in [4.78, 5) is 42.8. The SMILES string of the molecule is Cc1cnc(CNC(=O)c2cnc(Nc3ccc4c(c3)C(C)(C)OC4=O)nc2N[C@H](CO)c2ccccc2)cn1. The lowest BCUT2D eigenvalue weighted by atomic mass is 9.95. The number of ether oxygens (including phenoxy) is 1. The van der Waals surface area contributed by atoms with Crippen LogP contribution in [-0.2, 0) is 16.9 Å². The molecule has 40 heavy (non-hydrogen) atoms. The van der Waals surface area contributed by atoms with Crippen molar-refractivity contribution in [3.05, 3.63) is 101 Å². The van der Waals surface area contributed by atoms with E-state index in [4.69, 9.17) is 4.74 Å².